The zero-order valence-electron chi connectivity index (χ0n) is 20.9. The van der Waals surface area contributed by atoms with E-state index in [0.717, 1.165) is 30.2 Å². The zero-order chi connectivity index (χ0) is 24.8. The van der Waals surface area contributed by atoms with E-state index >= 15 is 0 Å². The van der Waals surface area contributed by atoms with Gasteiger partial charge in [0.05, 0.1) is 20.8 Å². The number of ether oxygens (including phenoxy) is 2. The number of hydrogen-bond acceptors (Lipinski definition) is 7. The molecule has 1 amide bonds. The van der Waals surface area contributed by atoms with Crippen LogP contribution in [0, 0.1) is 0 Å². The quantitative estimate of drug-likeness (QED) is 0.463. The zero-order valence-corrected chi connectivity index (χ0v) is 20.9. The van der Waals surface area contributed by atoms with Crippen LogP contribution in [-0.2, 0) is 13.1 Å². The van der Waals surface area contributed by atoms with Gasteiger partial charge in [-0.1, -0.05) is 36.4 Å². The number of rotatable bonds is 9. The Bertz CT molecular complexity index is 1110. The summed E-state index contributed by atoms with van der Waals surface area (Å²) in [7, 11) is 5.37. The monoisotopic (exact) mass is 478 g/mol. The highest BCUT2D eigenvalue weighted by molar-refractivity contribution is 5.92. The SMILES string of the molecule is COc1ccc(CN(Cc2nc(C(=O)N3CCN(C)CC3)co2)C(C)c2ccccc2)c(OC)c1. The normalized spacial score (nSPS) is 15.3. The Hall–Kier alpha value is -3.36. The average Bonchev–Trinajstić information content (AvgIpc) is 3.37. The van der Waals surface area contributed by atoms with Gasteiger partial charge in [-0.15, -0.1) is 0 Å². The molecule has 1 aromatic heterocycles. The molecule has 4 rings (SSSR count). The van der Waals surface area contributed by atoms with Gasteiger partial charge in [-0.2, -0.15) is 0 Å². The second kappa shape index (κ2) is 11.4. The molecular formula is C27H34N4O4. The Labute approximate surface area is 207 Å². The number of benzene rings is 2. The molecule has 1 aliphatic rings. The minimum Gasteiger partial charge on any atom is -0.497 e. The minimum absolute atomic E-state index is 0.0756. The van der Waals surface area contributed by atoms with E-state index in [1.165, 1.54) is 11.8 Å². The van der Waals surface area contributed by atoms with Gasteiger partial charge in [0.1, 0.15) is 17.8 Å². The number of piperazine rings is 1. The van der Waals surface area contributed by atoms with Crippen LogP contribution in [0.4, 0.5) is 0 Å². The van der Waals surface area contributed by atoms with Crippen molar-refractivity contribution in [2.75, 3.05) is 47.4 Å². The fourth-order valence-corrected chi connectivity index (χ4v) is 4.30. The first-order valence-electron chi connectivity index (χ1n) is 11.9. The Kier molecular flexibility index (Phi) is 8.05. The number of amides is 1. The van der Waals surface area contributed by atoms with Gasteiger partial charge < -0.3 is 23.7 Å². The Morgan fingerprint density at radius 3 is 2.49 bits per heavy atom. The lowest BCUT2D eigenvalue weighted by molar-refractivity contribution is 0.0658. The van der Waals surface area contributed by atoms with Gasteiger partial charge in [-0.05, 0) is 25.6 Å². The number of oxazole rings is 1. The van der Waals surface area contributed by atoms with Crippen LogP contribution in [0.5, 0.6) is 11.5 Å². The lowest BCUT2D eigenvalue weighted by Crippen LogP contribution is -2.47. The number of hydrogen-bond donors (Lipinski definition) is 0. The lowest BCUT2D eigenvalue weighted by atomic mass is 10.1. The van der Waals surface area contributed by atoms with Crippen LogP contribution in [0.25, 0.3) is 0 Å². The summed E-state index contributed by atoms with van der Waals surface area (Å²) >= 11 is 0. The summed E-state index contributed by atoms with van der Waals surface area (Å²) in [6.45, 7) is 6.34. The van der Waals surface area contributed by atoms with E-state index in [9.17, 15) is 4.79 Å². The Morgan fingerprint density at radius 2 is 1.80 bits per heavy atom. The van der Waals surface area contributed by atoms with E-state index in [0.29, 0.717) is 37.8 Å². The van der Waals surface area contributed by atoms with Crippen molar-refractivity contribution < 1.29 is 18.7 Å². The van der Waals surface area contributed by atoms with Gasteiger partial charge in [0.15, 0.2) is 5.69 Å². The Balaban J connectivity index is 1.55. The number of carbonyl (C=O) groups is 1. The van der Waals surface area contributed by atoms with Gasteiger partial charge in [-0.3, -0.25) is 9.69 Å². The molecule has 1 unspecified atom stereocenters. The number of aromatic nitrogens is 1. The van der Waals surface area contributed by atoms with Gasteiger partial charge in [-0.25, -0.2) is 4.98 Å². The molecule has 0 bridgehead atoms. The number of methoxy groups -OCH3 is 2. The molecule has 0 spiro atoms. The fraction of sp³-hybridized carbons (Fsp3) is 0.407. The summed E-state index contributed by atoms with van der Waals surface area (Å²) < 4.78 is 16.8. The summed E-state index contributed by atoms with van der Waals surface area (Å²) in [5.74, 6) is 1.94. The van der Waals surface area contributed by atoms with Crippen LogP contribution in [0.2, 0.25) is 0 Å². The molecule has 0 aliphatic carbocycles. The topological polar surface area (TPSA) is 71.3 Å². The average molecular weight is 479 g/mol. The number of nitrogens with zero attached hydrogens (tertiary/aromatic N) is 4. The highest BCUT2D eigenvalue weighted by atomic mass is 16.5. The van der Waals surface area contributed by atoms with Gasteiger partial charge in [0, 0.05) is 50.4 Å². The van der Waals surface area contributed by atoms with E-state index in [1.807, 2.05) is 41.3 Å². The highest BCUT2D eigenvalue weighted by Gasteiger charge is 2.25. The molecule has 1 saturated heterocycles. The maximum Gasteiger partial charge on any atom is 0.275 e. The van der Waals surface area contributed by atoms with Crippen LogP contribution in [-0.4, -0.2) is 73.0 Å². The third-order valence-corrected chi connectivity index (χ3v) is 6.60. The smallest absolute Gasteiger partial charge is 0.275 e. The van der Waals surface area contributed by atoms with E-state index in [1.54, 1.807) is 14.2 Å². The molecule has 3 aromatic rings. The molecule has 186 valence electrons. The highest BCUT2D eigenvalue weighted by Crippen LogP contribution is 2.30. The van der Waals surface area contributed by atoms with Crippen molar-refractivity contribution in [2.45, 2.75) is 26.1 Å². The first-order chi connectivity index (χ1) is 17.0. The van der Waals surface area contributed by atoms with E-state index in [2.05, 4.69) is 40.9 Å². The molecule has 1 aliphatic heterocycles. The standard InChI is InChI=1S/C27H34N4O4/c1-20(21-8-6-5-7-9-21)31(17-22-10-11-23(33-3)16-25(22)34-4)18-26-28-24(19-35-26)27(32)30-14-12-29(2)13-15-30/h5-11,16,19-20H,12-15,17-18H2,1-4H3. The van der Waals surface area contributed by atoms with Crippen molar-refractivity contribution in [3.05, 3.63) is 77.5 Å². The van der Waals surface area contributed by atoms with Gasteiger partial charge in [0.25, 0.3) is 5.91 Å². The van der Waals surface area contributed by atoms with Crippen molar-refractivity contribution in [3.63, 3.8) is 0 Å². The second-order valence-corrected chi connectivity index (χ2v) is 8.89. The Morgan fingerprint density at radius 1 is 1.06 bits per heavy atom. The molecule has 0 N–H and O–H groups in total. The van der Waals surface area contributed by atoms with Crippen molar-refractivity contribution in [2.24, 2.45) is 0 Å². The van der Waals surface area contributed by atoms with E-state index < -0.39 is 0 Å². The summed E-state index contributed by atoms with van der Waals surface area (Å²) in [5, 5.41) is 0. The van der Waals surface area contributed by atoms with Crippen molar-refractivity contribution >= 4 is 5.91 Å². The van der Waals surface area contributed by atoms with Crippen molar-refractivity contribution in [1.29, 1.82) is 0 Å². The first kappa shape index (κ1) is 24.8. The maximum atomic E-state index is 12.9. The molecule has 0 saturated carbocycles. The van der Waals surface area contributed by atoms with Crippen molar-refractivity contribution in [1.82, 2.24) is 19.7 Å². The van der Waals surface area contributed by atoms with Crippen LogP contribution in [0.3, 0.4) is 0 Å². The lowest BCUT2D eigenvalue weighted by Gasteiger charge is -2.31. The van der Waals surface area contributed by atoms with E-state index in [4.69, 9.17) is 13.9 Å². The minimum atomic E-state index is -0.0763. The first-order valence-corrected chi connectivity index (χ1v) is 11.9. The summed E-state index contributed by atoms with van der Waals surface area (Å²) in [6.07, 6.45) is 1.48. The number of likely N-dealkylation sites (N-methyl/N-ethyl adjacent to an activating group) is 1. The predicted molar refractivity (Wildman–Crippen MR) is 134 cm³/mol. The van der Waals surface area contributed by atoms with Crippen LogP contribution in [0.15, 0.2) is 59.2 Å². The van der Waals surface area contributed by atoms with E-state index in [-0.39, 0.29) is 11.9 Å². The number of carbonyl (C=O) groups excluding carboxylic acids is 1. The molecule has 1 atom stereocenters. The van der Waals surface area contributed by atoms with Crippen LogP contribution >= 0.6 is 0 Å². The largest absolute Gasteiger partial charge is 0.497 e. The molecule has 8 nitrogen and oxygen atoms in total. The fourth-order valence-electron chi connectivity index (χ4n) is 4.30. The predicted octanol–water partition coefficient (Wildman–Crippen LogP) is 3.84. The van der Waals surface area contributed by atoms with Crippen LogP contribution < -0.4 is 9.47 Å². The summed E-state index contributed by atoms with van der Waals surface area (Å²) in [4.78, 5) is 23.8. The summed E-state index contributed by atoms with van der Waals surface area (Å²) in [5.41, 5.74) is 2.57. The third-order valence-electron chi connectivity index (χ3n) is 6.60. The molecule has 35 heavy (non-hydrogen) atoms. The third kappa shape index (κ3) is 6.01. The molecular weight excluding hydrogens is 444 g/mol. The second-order valence-electron chi connectivity index (χ2n) is 8.89. The van der Waals surface area contributed by atoms with Crippen LogP contribution in [0.1, 0.15) is 40.5 Å². The van der Waals surface area contributed by atoms with Gasteiger partial charge >= 0.3 is 0 Å². The van der Waals surface area contributed by atoms with Gasteiger partial charge in [0.2, 0.25) is 5.89 Å². The molecule has 2 aromatic carbocycles. The molecule has 0 radical (unpaired) electrons. The molecule has 1 fully saturated rings. The molecule has 2 heterocycles. The maximum absolute atomic E-state index is 12.9. The van der Waals surface area contributed by atoms with Crippen molar-refractivity contribution in [3.8, 4) is 11.5 Å². The molecule has 8 heteroatoms. The summed E-state index contributed by atoms with van der Waals surface area (Å²) in [6, 6.07) is 16.2.